The Bertz CT molecular complexity index is 3950. The lowest BCUT2D eigenvalue weighted by molar-refractivity contribution is 1.33. The SMILES string of the molecule is C/C(=C\C(=C/N)c1cc(-c2cccc(-c3cccnc3)c2)cc(-c2cccc(-c3cccnc3)c2)c1)c1cccc(-c2cncc(-c3cc(-c4cccc(-c5cccnc5)c4)cc(-c4cccc(-c5cccnc5)c4)c3)c2)c1. The molecule has 0 fully saturated rings. The first-order valence-corrected chi connectivity index (χ1v) is 26.0. The van der Waals surface area contributed by atoms with Crippen molar-refractivity contribution in [3.8, 4) is 111 Å². The van der Waals surface area contributed by atoms with Crippen molar-refractivity contribution in [2.75, 3.05) is 0 Å². The van der Waals surface area contributed by atoms with Crippen LogP contribution in [0.5, 0.6) is 0 Å². The summed E-state index contributed by atoms with van der Waals surface area (Å²) in [4.78, 5) is 22.5. The van der Waals surface area contributed by atoms with Gasteiger partial charge in [-0.05, 0) is 210 Å². The fourth-order valence-corrected chi connectivity index (χ4v) is 10.1. The van der Waals surface area contributed by atoms with Crippen molar-refractivity contribution in [2.24, 2.45) is 5.73 Å². The van der Waals surface area contributed by atoms with Crippen molar-refractivity contribution < 1.29 is 0 Å². The van der Waals surface area contributed by atoms with Crippen LogP contribution in [0.4, 0.5) is 0 Å². The maximum absolute atomic E-state index is 6.63. The van der Waals surface area contributed by atoms with Gasteiger partial charge in [-0.15, -0.1) is 0 Å². The number of allylic oxidation sites excluding steroid dienone is 3. The van der Waals surface area contributed by atoms with Crippen molar-refractivity contribution in [3.05, 3.63) is 298 Å². The Hall–Kier alpha value is -10.4. The summed E-state index contributed by atoms with van der Waals surface area (Å²) in [7, 11) is 0. The number of rotatable bonds is 13. The zero-order chi connectivity index (χ0) is 52.6. The van der Waals surface area contributed by atoms with Crippen molar-refractivity contribution in [1.82, 2.24) is 24.9 Å². The van der Waals surface area contributed by atoms with Gasteiger partial charge >= 0.3 is 0 Å². The van der Waals surface area contributed by atoms with Gasteiger partial charge in [0.25, 0.3) is 0 Å². The van der Waals surface area contributed by atoms with Gasteiger partial charge in [0.05, 0.1) is 0 Å². The summed E-state index contributed by atoms with van der Waals surface area (Å²) < 4.78 is 0. The highest BCUT2D eigenvalue weighted by atomic mass is 14.6. The molecule has 7 aromatic carbocycles. The van der Waals surface area contributed by atoms with Crippen LogP contribution in [-0.4, -0.2) is 24.9 Å². The van der Waals surface area contributed by atoms with Gasteiger partial charge in [0.2, 0.25) is 0 Å². The highest BCUT2D eigenvalue weighted by Gasteiger charge is 2.15. The lowest BCUT2D eigenvalue weighted by Gasteiger charge is -2.14. The third-order valence-corrected chi connectivity index (χ3v) is 14.2. The Labute approximate surface area is 455 Å². The van der Waals surface area contributed by atoms with Gasteiger partial charge in [-0.3, -0.25) is 24.9 Å². The first-order valence-electron chi connectivity index (χ1n) is 26.0. The second kappa shape index (κ2) is 22.2. The fourth-order valence-electron chi connectivity index (χ4n) is 10.1. The first-order chi connectivity index (χ1) is 38.5. The predicted molar refractivity (Wildman–Crippen MR) is 322 cm³/mol. The maximum atomic E-state index is 6.63. The van der Waals surface area contributed by atoms with Crippen LogP contribution in [0.3, 0.4) is 0 Å². The number of hydrogen-bond donors (Lipinski definition) is 1. The van der Waals surface area contributed by atoms with E-state index >= 15 is 0 Å². The minimum Gasteiger partial charge on any atom is -0.404 e. The standard InChI is InChI=1S/C72H52N6/c1-49(29-70(42-73)68-37-64(55-16-3-12-51(31-55)60-21-7-25-74-43-60)35-65(38-68)56-17-4-13-52(32-56)61-22-8-26-75-44-61)50-11-2-20-59(30-50)71-41-72(48-78-47-71)69-39-66(57-18-5-14-53(33-57)62-23-9-27-76-45-62)36-67(40-69)58-19-6-15-54(34-58)63-24-10-28-77-46-63/h2-48H,73H2,1H3/b49-29+,70-42+. The highest BCUT2D eigenvalue weighted by Crippen LogP contribution is 2.39. The monoisotopic (exact) mass is 1000 g/mol. The molecular formula is C72H52N6. The van der Waals surface area contributed by atoms with Crippen LogP contribution < -0.4 is 5.73 Å². The summed E-state index contributed by atoms with van der Waals surface area (Å²) in [5, 5.41) is 0. The lowest BCUT2D eigenvalue weighted by atomic mass is 9.90. The molecule has 0 unspecified atom stereocenters. The Morgan fingerprint density at radius 1 is 0.269 bits per heavy atom. The van der Waals surface area contributed by atoms with Crippen LogP contribution in [0.15, 0.2) is 287 Å². The first kappa shape index (κ1) is 48.5. The molecule has 2 N–H and O–H groups in total. The summed E-state index contributed by atoms with van der Waals surface area (Å²) in [6.45, 7) is 2.15. The molecule has 5 aromatic heterocycles. The number of nitrogens with zero attached hydrogens (tertiary/aromatic N) is 5. The summed E-state index contributed by atoms with van der Waals surface area (Å²) in [6, 6.07) is 75.4. The Kier molecular flexibility index (Phi) is 13.8. The second-order valence-electron chi connectivity index (χ2n) is 19.4. The van der Waals surface area contributed by atoms with Crippen LogP contribution in [0, 0.1) is 0 Å². The molecule has 0 aliphatic heterocycles. The number of nitrogens with two attached hydrogens (primary N) is 1. The Balaban J connectivity index is 0.900. The molecule has 0 amide bonds. The zero-order valence-corrected chi connectivity index (χ0v) is 42.9. The smallest absolute Gasteiger partial charge is 0.0346 e. The Morgan fingerprint density at radius 2 is 0.526 bits per heavy atom. The average molecular weight is 1000 g/mol. The third kappa shape index (κ3) is 10.7. The van der Waals surface area contributed by atoms with Gasteiger partial charge in [-0.25, -0.2) is 0 Å². The van der Waals surface area contributed by atoms with Gasteiger partial charge in [0, 0.05) is 102 Å². The minimum atomic E-state index is 0.907. The molecule has 0 radical (unpaired) electrons. The summed E-state index contributed by atoms with van der Waals surface area (Å²) in [6.07, 6.45) is 22.7. The quantitative estimate of drug-likeness (QED) is 0.116. The molecule has 6 heteroatoms. The Morgan fingerprint density at radius 3 is 0.885 bits per heavy atom. The molecule has 12 rings (SSSR count). The molecule has 370 valence electrons. The number of hydrogen-bond acceptors (Lipinski definition) is 6. The molecule has 6 nitrogen and oxygen atoms in total. The van der Waals surface area contributed by atoms with E-state index in [1.165, 1.54) is 0 Å². The average Bonchev–Trinajstić information content (AvgIpc) is 3.58. The summed E-state index contributed by atoms with van der Waals surface area (Å²) in [5.41, 5.74) is 32.3. The molecule has 0 saturated heterocycles. The number of pyridine rings is 5. The van der Waals surface area contributed by atoms with Crippen LogP contribution in [0.1, 0.15) is 18.1 Å². The van der Waals surface area contributed by atoms with Gasteiger partial charge in [-0.2, -0.15) is 0 Å². The molecule has 0 aliphatic rings. The van der Waals surface area contributed by atoms with E-state index in [-0.39, 0.29) is 0 Å². The summed E-state index contributed by atoms with van der Waals surface area (Å²) >= 11 is 0. The van der Waals surface area contributed by atoms with Crippen LogP contribution in [0.2, 0.25) is 0 Å². The number of benzene rings is 7. The van der Waals surface area contributed by atoms with Crippen molar-refractivity contribution in [1.29, 1.82) is 0 Å². The van der Waals surface area contributed by atoms with E-state index in [4.69, 9.17) is 10.7 Å². The minimum absolute atomic E-state index is 0.907. The maximum Gasteiger partial charge on any atom is 0.0346 e. The van der Waals surface area contributed by atoms with Crippen molar-refractivity contribution >= 4 is 11.1 Å². The molecule has 12 aromatic rings. The number of aromatic nitrogens is 5. The van der Waals surface area contributed by atoms with E-state index in [0.29, 0.717) is 0 Å². The van der Waals surface area contributed by atoms with E-state index in [1.807, 2.05) is 73.8 Å². The van der Waals surface area contributed by atoms with Gasteiger partial charge in [0.1, 0.15) is 0 Å². The summed E-state index contributed by atoms with van der Waals surface area (Å²) in [5.74, 6) is 0. The van der Waals surface area contributed by atoms with Crippen LogP contribution >= 0.6 is 0 Å². The third-order valence-electron chi connectivity index (χ3n) is 14.2. The van der Waals surface area contributed by atoms with Gasteiger partial charge < -0.3 is 5.73 Å². The van der Waals surface area contributed by atoms with Crippen LogP contribution in [0.25, 0.3) is 122 Å². The predicted octanol–water partition coefficient (Wildman–Crippen LogP) is 17.7. The van der Waals surface area contributed by atoms with E-state index in [0.717, 1.165) is 134 Å². The van der Waals surface area contributed by atoms with E-state index < -0.39 is 0 Å². The van der Waals surface area contributed by atoms with Crippen molar-refractivity contribution in [2.45, 2.75) is 6.92 Å². The van der Waals surface area contributed by atoms with Gasteiger partial charge in [-0.1, -0.05) is 115 Å². The second-order valence-corrected chi connectivity index (χ2v) is 19.4. The molecule has 0 atom stereocenters. The van der Waals surface area contributed by atoms with E-state index in [2.05, 4.69) is 221 Å². The van der Waals surface area contributed by atoms with E-state index in [1.54, 1.807) is 18.6 Å². The molecule has 0 aliphatic carbocycles. The largest absolute Gasteiger partial charge is 0.404 e. The molecule has 78 heavy (non-hydrogen) atoms. The molecule has 0 spiro atoms. The lowest BCUT2D eigenvalue weighted by Crippen LogP contribution is -1.93. The van der Waals surface area contributed by atoms with Crippen molar-refractivity contribution in [3.63, 3.8) is 0 Å². The molecule has 5 heterocycles. The van der Waals surface area contributed by atoms with Gasteiger partial charge in [0.15, 0.2) is 0 Å². The molecule has 0 saturated carbocycles. The molecule has 0 bridgehead atoms. The molecular weight excluding hydrogens is 949 g/mol. The topological polar surface area (TPSA) is 90.5 Å². The zero-order valence-electron chi connectivity index (χ0n) is 42.9. The normalized spacial score (nSPS) is 11.6. The van der Waals surface area contributed by atoms with E-state index in [9.17, 15) is 0 Å². The highest BCUT2D eigenvalue weighted by molar-refractivity contribution is 5.90. The van der Waals surface area contributed by atoms with Crippen LogP contribution in [-0.2, 0) is 0 Å². The fraction of sp³-hybridized carbons (Fsp3) is 0.0139.